The van der Waals surface area contributed by atoms with Crippen molar-refractivity contribution < 1.29 is 0 Å². The average Bonchev–Trinajstić information content (AvgIpc) is 2.27. The monoisotopic (exact) mass is 248 g/mol. The van der Waals surface area contributed by atoms with Crippen LogP contribution >= 0.6 is 0 Å². The molecule has 0 saturated heterocycles. The highest BCUT2D eigenvalue weighted by atomic mass is 14.9. The maximum atomic E-state index is 3.62. The number of benzene rings is 1. The summed E-state index contributed by atoms with van der Waals surface area (Å²) in [5, 5.41) is 7.08. The highest BCUT2D eigenvalue weighted by molar-refractivity contribution is 5.62. The second-order valence-electron chi connectivity index (χ2n) is 5.71. The summed E-state index contributed by atoms with van der Waals surface area (Å²) in [6, 6.07) is 7.63. The summed E-state index contributed by atoms with van der Waals surface area (Å²) in [7, 11) is 0. The maximum Gasteiger partial charge on any atom is 0.0398 e. The Morgan fingerprint density at radius 3 is 2.17 bits per heavy atom. The molecular weight excluding hydrogens is 220 g/mol. The summed E-state index contributed by atoms with van der Waals surface area (Å²) in [5.74, 6) is 0.546. The Balaban J connectivity index is 2.99. The molecule has 2 nitrogen and oxygen atoms in total. The van der Waals surface area contributed by atoms with Crippen molar-refractivity contribution in [3.63, 3.8) is 0 Å². The van der Waals surface area contributed by atoms with Gasteiger partial charge in [0.1, 0.15) is 0 Å². The smallest absolute Gasteiger partial charge is 0.0398 e. The van der Waals surface area contributed by atoms with E-state index in [1.54, 1.807) is 0 Å². The molecule has 1 unspecified atom stereocenters. The highest BCUT2D eigenvalue weighted by Crippen LogP contribution is 2.28. The molecule has 0 aromatic heterocycles. The van der Waals surface area contributed by atoms with Crippen LogP contribution in [0.2, 0.25) is 0 Å². The lowest BCUT2D eigenvalue weighted by atomic mass is 9.99. The van der Waals surface area contributed by atoms with Crippen LogP contribution in [0.5, 0.6) is 0 Å². The molecule has 1 rings (SSSR count). The number of anilines is 2. The zero-order chi connectivity index (χ0) is 13.7. The first-order valence-electron chi connectivity index (χ1n) is 7.11. The number of nitrogens with one attached hydrogen (secondary N) is 2. The van der Waals surface area contributed by atoms with E-state index in [-0.39, 0.29) is 0 Å². The van der Waals surface area contributed by atoms with E-state index < -0.39 is 0 Å². The van der Waals surface area contributed by atoms with Crippen molar-refractivity contribution in [2.24, 2.45) is 0 Å². The van der Waals surface area contributed by atoms with Gasteiger partial charge in [0, 0.05) is 23.5 Å². The second-order valence-corrected chi connectivity index (χ2v) is 5.71. The molecule has 2 N–H and O–H groups in total. The van der Waals surface area contributed by atoms with Crippen molar-refractivity contribution in [1.82, 2.24) is 0 Å². The molecule has 18 heavy (non-hydrogen) atoms. The van der Waals surface area contributed by atoms with Crippen LogP contribution in [-0.4, -0.2) is 12.1 Å². The van der Waals surface area contributed by atoms with Gasteiger partial charge >= 0.3 is 0 Å². The first-order chi connectivity index (χ1) is 8.43. The first-order valence-corrected chi connectivity index (χ1v) is 7.11. The zero-order valence-electron chi connectivity index (χ0n) is 12.7. The van der Waals surface area contributed by atoms with E-state index >= 15 is 0 Å². The lowest BCUT2D eigenvalue weighted by molar-refractivity contribution is 0.757. The molecule has 1 atom stereocenters. The quantitative estimate of drug-likeness (QED) is 0.752. The summed E-state index contributed by atoms with van der Waals surface area (Å²) < 4.78 is 0. The van der Waals surface area contributed by atoms with E-state index in [0.29, 0.717) is 18.0 Å². The van der Waals surface area contributed by atoms with Crippen LogP contribution in [-0.2, 0) is 0 Å². The van der Waals surface area contributed by atoms with E-state index in [1.807, 2.05) is 0 Å². The van der Waals surface area contributed by atoms with Gasteiger partial charge in [-0.25, -0.2) is 0 Å². The predicted molar refractivity (Wildman–Crippen MR) is 82.7 cm³/mol. The molecule has 0 amide bonds. The Kier molecular flexibility index (Phi) is 5.52. The molecule has 0 aliphatic carbocycles. The van der Waals surface area contributed by atoms with E-state index in [0.717, 1.165) is 6.42 Å². The Bertz CT molecular complexity index is 369. The third kappa shape index (κ3) is 4.25. The highest BCUT2D eigenvalue weighted by Gasteiger charge is 2.09. The summed E-state index contributed by atoms with van der Waals surface area (Å²) >= 11 is 0. The lowest BCUT2D eigenvalue weighted by Crippen LogP contribution is -2.16. The molecular formula is C16H28N2. The summed E-state index contributed by atoms with van der Waals surface area (Å²) in [5.41, 5.74) is 3.86. The van der Waals surface area contributed by atoms with Crippen molar-refractivity contribution in [3.8, 4) is 0 Å². The van der Waals surface area contributed by atoms with Gasteiger partial charge in [0.15, 0.2) is 0 Å². The molecule has 1 aromatic carbocycles. The average molecular weight is 248 g/mol. The van der Waals surface area contributed by atoms with Gasteiger partial charge in [0.05, 0.1) is 0 Å². The van der Waals surface area contributed by atoms with Crippen molar-refractivity contribution in [3.05, 3.63) is 23.8 Å². The Hall–Kier alpha value is -1.18. The fourth-order valence-electron chi connectivity index (χ4n) is 1.98. The Morgan fingerprint density at radius 1 is 1.00 bits per heavy atom. The van der Waals surface area contributed by atoms with Crippen LogP contribution in [0.15, 0.2) is 18.2 Å². The molecule has 102 valence electrons. The van der Waals surface area contributed by atoms with Gasteiger partial charge in [-0.1, -0.05) is 26.8 Å². The summed E-state index contributed by atoms with van der Waals surface area (Å²) in [6.07, 6.45) is 1.14. The molecule has 1 aromatic rings. The van der Waals surface area contributed by atoms with E-state index in [4.69, 9.17) is 0 Å². The summed E-state index contributed by atoms with van der Waals surface area (Å²) in [6.45, 7) is 13.3. The van der Waals surface area contributed by atoms with E-state index in [9.17, 15) is 0 Å². The van der Waals surface area contributed by atoms with Gasteiger partial charge in [0.2, 0.25) is 0 Å². The summed E-state index contributed by atoms with van der Waals surface area (Å²) in [4.78, 5) is 0. The van der Waals surface area contributed by atoms with Crippen LogP contribution < -0.4 is 10.6 Å². The molecule has 0 aliphatic rings. The largest absolute Gasteiger partial charge is 0.383 e. The van der Waals surface area contributed by atoms with Crippen LogP contribution in [0.25, 0.3) is 0 Å². The van der Waals surface area contributed by atoms with Crippen molar-refractivity contribution in [1.29, 1.82) is 0 Å². The minimum Gasteiger partial charge on any atom is -0.383 e. The SMILES string of the molecule is CCC(C)Nc1cc(NC(C)C)ccc1C(C)C. The standard InChI is InChI=1S/C16H28N2/c1-7-13(6)18-16-10-14(17-12(4)5)8-9-15(16)11(2)3/h8-13,17-18H,7H2,1-6H3. The van der Waals surface area contributed by atoms with Gasteiger partial charge in [-0.3, -0.25) is 0 Å². The van der Waals surface area contributed by atoms with Crippen molar-refractivity contribution in [2.45, 2.75) is 66.0 Å². The minimum absolute atomic E-state index is 0.464. The molecule has 2 heteroatoms. The van der Waals surface area contributed by atoms with Gasteiger partial charge in [-0.05, 0) is 50.8 Å². The molecule has 0 radical (unpaired) electrons. The normalized spacial score (nSPS) is 12.9. The third-order valence-corrected chi connectivity index (χ3v) is 3.14. The molecule has 0 fully saturated rings. The van der Waals surface area contributed by atoms with Crippen LogP contribution in [0, 0.1) is 0 Å². The van der Waals surface area contributed by atoms with Crippen LogP contribution in [0.4, 0.5) is 11.4 Å². The van der Waals surface area contributed by atoms with Gasteiger partial charge in [-0.2, -0.15) is 0 Å². The number of hydrogen-bond donors (Lipinski definition) is 2. The molecule has 0 spiro atoms. The van der Waals surface area contributed by atoms with Crippen LogP contribution in [0.3, 0.4) is 0 Å². The van der Waals surface area contributed by atoms with E-state index in [1.165, 1.54) is 16.9 Å². The Labute approximate surface area is 112 Å². The fourth-order valence-corrected chi connectivity index (χ4v) is 1.98. The first kappa shape index (κ1) is 14.9. The predicted octanol–water partition coefficient (Wildman–Crippen LogP) is 4.84. The van der Waals surface area contributed by atoms with Crippen molar-refractivity contribution in [2.75, 3.05) is 10.6 Å². The lowest BCUT2D eigenvalue weighted by Gasteiger charge is -2.21. The maximum absolute atomic E-state index is 3.62. The molecule has 0 bridgehead atoms. The number of hydrogen-bond acceptors (Lipinski definition) is 2. The van der Waals surface area contributed by atoms with Crippen LogP contribution in [0.1, 0.15) is 59.4 Å². The fraction of sp³-hybridized carbons (Fsp3) is 0.625. The topological polar surface area (TPSA) is 24.1 Å². The van der Waals surface area contributed by atoms with Gasteiger partial charge in [0.25, 0.3) is 0 Å². The van der Waals surface area contributed by atoms with Crippen molar-refractivity contribution >= 4 is 11.4 Å². The molecule has 0 saturated carbocycles. The Morgan fingerprint density at radius 2 is 1.67 bits per heavy atom. The van der Waals surface area contributed by atoms with Gasteiger partial charge < -0.3 is 10.6 Å². The molecule has 0 heterocycles. The van der Waals surface area contributed by atoms with E-state index in [2.05, 4.69) is 70.4 Å². The second kappa shape index (κ2) is 6.67. The third-order valence-electron chi connectivity index (χ3n) is 3.14. The van der Waals surface area contributed by atoms with Gasteiger partial charge in [-0.15, -0.1) is 0 Å². The minimum atomic E-state index is 0.464. The number of rotatable bonds is 6. The zero-order valence-corrected chi connectivity index (χ0v) is 12.7. The molecule has 0 aliphatic heterocycles.